The Morgan fingerprint density at radius 2 is 1.83 bits per heavy atom. The second-order valence-corrected chi connectivity index (χ2v) is 6.35. The van der Waals surface area contributed by atoms with Crippen molar-refractivity contribution < 1.29 is 27.8 Å². The molecule has 2 aromatic rings. The Labute approximate surface area is 170 Å². The number of anilines is 1. The van der Waals surface area contributed by atoms with Crippen molar-refractivity contribution in [2.45, 2.75) is 19.3 Å². The molecule has 1 aliphatic heterocycles. The zero-order valence-corrected chi connectivity index (χ0v) is 16.1. The lowest BCUT2D eigenvalue weighted by molar-refractivity contribution is -0.192. The monoisotopic (exact) mass is 428 g/mol. The maximum absolute atomic E-state index is 12.1. The second-order valence-electron chi connectivity index (χ2n) is 6.35. The van der Waals surface area contributed by atoms with Crippen LogP contribution >= 0.6 is 0 Å². The number of rotatable bonds is 6. The predicted octanol–water partition coefficient (Wildman–Crippen LogP) is 1.50. The van der Waals surface area contributed by atoms with Crippen molar-refractivity contribution in [2.75, 3.05) is 37.7 Å². The van der Waals surface area contributed by atoms with E-state index in [2.05, 4.69) is 15.3 Å². The fourth-order valence-corrected chi connectivity index (χ4v) is 2.60. The van der Waals surface area contributed by atoms with E-state index in [1.54, 1.807) is 12.3 Å². The molecule has 30 heavy (non-hydrogen) atoms. The first-order valence-electron chi connectivity index (χ1n) is 9.22. The molecule has 0 atom stereocenters. The van der Waals surface area contributed by atoms with Gasteiger partial charge in [-0.05, 0) is 5.56 Å². The molecule has 0 aliphatic carbocycles. The molecule has 8 nitrogen and oxygen atoms in total. The van der Waals surface area contributed by atoms with Crippen LogP contribution in [0.4, 0.5) is 18.9 Å². The number of benzene rings is 1. The van der Waals surface area contributed by atoms with Gasteiger partial charge < -0.3 is 20.1 Å². The van der Waals surface area contributed by atoms with E-state index in [1.165, 1.54) is 4.68 Å². The highest BCUT2D eigenvalue weighted by Crippen LogP contribution is 2.13. The van der Waals surface area contributed by atoms with E-state index in [-0.39, 0.29) is 5.56 Å². The SMILES string of the molecule is O=C(O)C(F)(F)F.O=c1cc(N2CCNCC2)cnn1CCOCc1ccccc1. The van der Waals surface area contributed by atoms with Crippen LogP contribution < -0.4 is 15.8 Å². The number of carbonyl (C=O) groups is 1. The van der Waals surface area contributed by atoms with Gasteiger partial charge in [-0.3, -0.25) is 4.79 Å². The van der Waals surface area contributed by atoms with Gasteiger partial charge in [-0.25, -0.2) is 9.48 Å². The quantitative estimate of drug-likeness (QED) is 0.673. The smallest absolute Gasteiger partial charge is 0.475 e. The molecule has 0 radical (unpaired) electrons. The molecule has 0 spiro atoms. The second kappa shape index (κ2) is 11.3. The fourth-order valence-electron chi connectivity index (χ4n) is 2.60. The molecule has 0 amide bonds. The zero-order valence-electron chi connectivity index (χ0n) is 16.1. The van der Waals surface area contributed by atoms with Gasteiger partial charge in [0.25, 0.3) is 5.56 Å². The predicted molar refractivity (Wildman–Crippen MR) is 103 cm³/mol. The zero-order chi connectivity index (χ0) is 22.0. The summed E-state index contributed by atoms with van der Waals surface area (Å²) in [6, 6.07) is 11.7. The maximum Gasteiger partial charge on any atom is 0.490 e. The minimum absolute atomic E-state index is 0.0793. The lowest BCUT2D eigenvalue weighted by Crippen LogP contribution is -2.44. The molecule has 0 saturated carbocycles. The lowest BCUT2D eigenvalue weighted by atomic mass is 10.2. The Balaban J connectivity index is 0.000000396. The molecule has 1 fully saturated rings. The van der Waals surface area contributed by atoms with E-state index >= 15 is 0 Å². The Morgan fingerprint density at radius 1 is 1.20 bits per heavy atom. The summed E-state index contributed by atoms with van der Waals surface area (Å²) in [5.74, 6) is -2.76. The van der Waals surface area contributed by atoms with Crippen molar-refractivity contribution in [1.29, 1.82) is 0 Å². The number of ether oxygens (including phenoxy) is 1. The van der Waals surface area contributed by atoms with E-state index in [9.17, 15) is 18.0 Å². The van der Waals surface area contributed by atoms with E-state index < -0.39 is 12.1 Å². The number of hydrogen-bond donors (Lipinski definition) is 2. The summed E-state index contributed by atoms with van der Waals surface area (Å²) >= 11 is 0. The standard InChI is InChI=1S/C17H22N4O2.C2HF3O2/c22-17-12-16(20-8-6-18-7-9-20)13-19-21(17)10-11-23-14-15-4-2-1-3-5-15;3-2(4,5)1(6)7/h1-5,12-13,18H,6-11,14H2;(H,6,7). The van der Waals surface area contributed by atoms with Gasteiger partial charge in [-0.2, -0.15) is 18.3 Å². The van der Waals surface area contributed by atoms with Crippen LogP contribution in [-0.4, -0.2) is 59.8 Å². The molecule has 0 bridgehead atoms. The van der Waals surface area contributed by atoms with Crippen LogP contribution in [0.2, 0.25) is 0 Å². The molecule has 164 valence electrons. The van der Waals surface area contributed by atoms with Crippen LogP contribution in [0, 0.1) is 0 Å². The molecule has 1 saturated heterocycles. The number of aliphatic carboxylic acids is 1. The van der Waals surface area contributed by atoms with Crippen LogP contribution in [0.5, 0.6) is 0 Å². The minimum Gasteiger partial charge on any atom is -0.475 e. The lowest BCUT2D eigenvalue weighted by Gasteiger charge is -2.28. The number of halogens is 3. The third-order valence-electron chi connectivity index (χ3n) is 4.14. The highest BCUT2D eigenvalue weighted by molar-refractivity contribution is 5.73. The van der Waals surface area contributed by atoms with E-state index in [4.69, 9.17) is 14.6 Å². The van der Waals surface area contributed by atoms with Gasteiger partial charge in [-0.15, -0.1) is 0 Å². The molecule has 11 heteroatoms. The first-order valence-corrected chi connectivity index (χ1v) is 9.22. The molecule has 2 heterocycles. The third kappa shape index (κ3) is 7.84. The highest BCUT2D eigenvalue weighted by atomic mass is 19.4. The molecular weight excluding hydrogens is 405 g/mol. The largest absolute Gasteiger partial charge is 0.490 e. The molecule has 1 aromatic carbocycles. The van der Waals surface area contributed by atoms with Crippen LogP contribution in [0.1, 0.15) is 5.56 Å². The average molecular weight is 428 g/mol. The summed E-state index contributed by atoms with van der Waals surface area (Å²) in [6.07, 6.45) is -3.32. The number of alkyl halides is 3. The molecular formula is C19H23F3N4O4. The van der Waals surface area contributed by atoms with Gasteiger partial charge in [0.1, 0.15) is 0 Å². The van der Waals surface area contributed by atoms with Gasteiger partial charge in [0, 0.05) is 32.2 Å². The summed E-state index contributed by atoms with van der Waals surface area (Å²) < 4.78 is 38.8. The summed E-state index contributed by atoms with van der Waals surface area (Å²) in [5, 5.41) is 14.7. The Morgan fingerprint density at radius 3 is 2.40 bits per heavy atom. The van der Waals surface area contributed by atoms with Gasteiger partial charge in [0.05, 0.1) is 31.6 Å². The number of piperazine rings is 1. The van der Waals surface area contributed by atoms with Gasteiger partial charge in [-0.1, -0.05) is 30.3 Å². The van der Waals surface area contributed by atoms with Crippen molar-refractivity contribution in [3.05, 3.63) is 58.5 Å². The van der Waals surface area contributed by atoms with Crippen molar-refractivity contribution in [3.63, 3.8) is 0 Å². The molecule has 3 rings (SSSR count). The summed E-state index contributed by atoms with van der Waals surface area (Å²) in [7, 11) is 0. The van der Waals surface area contributed by atoms with Crippen LogP contribution in [0.15, 0.2) is 47.4 Å². The van der Waals surface area contributed by atoms with Gasteiger partial charge in [0.15, 0.2) is 0 Å². The fraction of sp³-hybridized carbons (Fsp3) is 0.421. The third-order valence-corrected chi connectivity index (χ3v) is 4.14. The molecule has 1 aromatic heterocycles. The number of aromatic nitrogens is 2. The highest BCUT2D eigenvalue weighted by Gasteiger charge is 2.38. The molecule has 1 aliphatic rings. The summed E-state index contributed by atoms with van der Waals surface area (Å²) in [4.78, 5) is 23.2. The van der Waals surface area contributed by atoms with Crippen molar-refractivity contribution in [1.82, 2.24) is 15.1 Å². The van der Waals surface area contributed by atoms with Crippen molar-refractivity contribution in [2.24, 2.45) is 0 Å². The van der Waals surface area contributed by atoms with Crippen LogP contribution in [0.25, 0.3) is 0 Å². The first kappa shape index (κ1) is 23.4. The number of hydrogen-bond acceptors (Lipinski definition) is 6. The van der Waals surface area contributed by atoms with Crippen molar-refractivity contribution in [3.8, 4) is 0 Å². The minimum atomic E-state index is -5.08. The first-order chi connectivity index (χ1) is 14.3. The van der Waals surface area contributed by atoms with Crippen molar-refractivity contribution >= 4 is 11.7 Å². The molecule has 2 N–H and O–H groups in total. The summed E-state index contributed by atoms with van der Waals surface area (Å²) in [6.45, 7) is 5.18. The number of nitrogens with one attached hydrogen (secondary N) is 1. The normalized spacial score (nSPS) is 14.0. The van der Waals surface area contributed by atoms with E-state index in [1.807, 2.05) is 30.3 Å². The Bertz CT molecular complexity index is 853. The van der Waals surface area contributed by atoms with Gasteiger partial charge >= 0.3 is 12.1 Å². The number of carboxylic acid groups (broad SMARTS) is 1. The Kier molecular flexibility index (Phi) is 8.81. The summed E-state index contributed by atoms with van der Waals surface area (Å²) in [5.41, 5.74) is 1.95. The average Bonchev–Trinajstić information content (AvgIpc) is 2.73. The number of nitrogens with zero attached hydrogens (tertiary/aromatic N) is 3. The maximum atomic E-state index is 12.1. The molecule has 0 unspecified atom stereocenters. The van der Waals surface area contributed by atoms with E-state index in [0.717, 1.165) is 37.4 Å². The Hall–Kier alpha value is -2.92. The van der Waals surface area contributed by atoms with E-state index in [0.29, 0.717) is 19.8 Å². The van der Waals surface area contributed by atoms with Crippen LogP contribution in [-0.2, 0) is 22.7 Å². The topological polar surface area (TPSA) is 96.7 Å². The van der Waals surface area contributed by atoms with Crippen LogP contribution in [0.3, 0.4) is 0 Å². The van der Waals surface area contributed by atoms with Gasteiger partial charge in [0.2, 0.25) is 0 Å². The number of carboxylic acids is 1.